The van der Waals surface area contributed by atoms with E-state index < -0.39 is 0 Å². The Balaban J connectivity index is 1.78. The molecule has 0 radical (unpaired) electrons. The molecule has 0 heterocycles. The molecule has 0 bridgehead atoms. The third-order valence-electron chi connectivity index (χ3n) is 2.79. The number of ether oxygens (including phenoxy) is 1. The molecule has 0 aliphatic carbocycles. The standard InChI is InChI=1S/C18H18N2O2/c1-15(12-13-16-8-4-2-5-9-16)19-20-18(21)14-22-17-10-6-3-7-11-17/h2-13H,14H2,1H3,(H,20,21)/b13-12+,19-15-. The topological polar surface area (TPSA) is 50.7 Å². The lowest BCUT2D eigenvalue weighted by Crippen LogP contribution is -2.25. The van der Waals surface area contributed by atoms with Gasteiger partial charge in [0.05, 0.1) is 5.71 Å². The summed E-state index contributed by atoms with van der Waals surface area (Å²) < 4.78 is 5.33. The van der Waals surface area contributed by atoms with Crippen LogP contribution in [-0.4, -0.2) is 18.2 Å². The molecule has 0 spiro atoms. The number of nitrogens with one attached hydrogen (secondary N) is 1. The highest BCUT2D eigenvalue weighted by molar-refractivity contribution is 5.97. The van der Waals surface area contributed by atoms with E-state index in [2.05, 4.69) is 10.5 Å². The van der Waals surface area contributed by atoms with Crippen LogP contribution >= 0.6 is 0 Å². The van der Waals surface area contributed by atoms with Crippen molar-refractivity contribution >= 4 is 17.7 Å². The van der Waals surface area contributed by atoms with E-state index in [0.717, 1.165) is 5.56 Å². The van der Waals surface area contributed by atoms with E-state index in [-0.39, 0.29) is 12.5 Å². The van der Waals surface area contributed by atoms with Crippen LogP contribution in [0.15, 0.2) is 71.8 Å². The fourth-order valence-corrected chi connectivity index (χ4v) is 1.67. The zero-order valence-electron chi connectivity index (χ0n) is 12.4. The Hall–Kier alpha value is -2.88. The number of nitrogens with zero attached hydrogens (tertiary/aromatic N) is 1. The maximum Gasteiger partial charge on any atom is 0.277 e. The Bertz CT molecular complexity index is 649. The molecule has 0 atom stereocenters. The number of hydrogen-bond donors (Lipinski definition) is 1. The van der Waals surface area contributed by atoms with Crippen LogP contribution in [0, 0.1) is 0 Å². The quantitative estimate of drug-likeness (QED) is 0.656. The molecule has 0 saturated carbocycles. The van der Waals surface area contributed by atoms with Crippen LogP contribution in [0.3, 0.4) is 0 Å². The van der Waals surface area contributed by atoms with E-state index in [1.165, 1.54) is 0 Å². The zero-order chi connectivity index (χ0) is 15.6. The molecule has 0 fully saturated rings. The van der Waals surface area contributed by atoms with Crippen LogP contribution in [0.4, 0.5) is 0 Å². The van der Waals surface area contributed by atoms with Gasteiger partial charge in [-0.15, -0.1) is 0 Å². The van der Waals surface area contributed by atoms with Crippen molar-refractivity contribution in [2.75, 3.05) is 6.61 Å². The Kier molecular flexibility index (Phi) is 5.93. The van der Waals surface area contributed by atoms with E-state index in [1.807, 2.05) is 67.6 Å². The Labute approximate surface area is 130 Å². The highest BCUT2D eigenvalue weighted by Gasteiger charge is 2.00. The van der Waals surface area contributed by atoms with Crippen LogP contribution in [0.2, 0.25) is 0 Å². The molecule has 1 N–H and O–H groups in total. The minimum Gasteiger partial charge on any atom is -0.484 e. The fourth-order valence-electron chi connectivity index (χ4n) is 1.67. The fraction of sp³-hybridized carbons (Fsp3) is 0.111. The Morgan fingerprint density at radius 1 is 1.09 bits per heavy atom. The van der Waals surface area contributed by atoms with Gasteiger partial charge in [-0.25, -0.2) is 5.43 Å². The number of carbonyl (C=O) groups excluding carboxylic acids is 1. The monoisotopic (exact) mass is 294 g/mol. The lowest BCUT2D eigenvalue weighted by atomic mass is 10.2. The number of rotatable bonds is 6. The SMILES string of the molecule is CC(/C=C/c1ccccc1)=N/NC(=O)COc1ccccc1. The zero-order valence-corrected chi connectivity index (χ0v) is 12.4. The summed E-state index contributed by atoms with van der Waals surface area (Å²) in [5.41, 5.74) is 4.25. The molecule has 2 aromatic rings. The number of amides is 1. The number of para-hydroxylation sites is 1. The summed E-state index contributed by atoms with van der Waals surface area (Å²) in [6.07, 6.45) is 3.78. The summed E-state index contributed by atoms with van der Waals surface area (Å²) in [5.74, 6) is 0.360. The van der Waals surface area contributed by atoms with Gasteiger partial charge in [-0.3, -0.25) is 4.79 Å². The van der Waals surface area contributed by atoms with Crippen molar-refractivity contribution in [3.8, 4) is 5.75 Å². The van der Waals surface area contributed by atoms with E-state index in [0.29, 0.717) is 11.5 Å². The summed E-state index contributed by atoms with van der Waals surface area (Å²) in [6, 6.07) is 19.1. The van der Waals surface area contributed by atoms with Gasteiger partial charge in [0.2, 0.25) is 0 Å². The lowest BCUT2D eigenvalue weighted by molar-refractivity contribution is -0.123. The first-order chi connectivity index (χ1) is 10.7. The van der Waals surface area contributed by atoms with Gasteiger partial charge in [0.15, 0.2) is 6.61 Å². The first kappa shape index (κ1) is 15.5. The molecular weight excluding hydrogens is 276 g/mol. The van der Waals surface area contributed by atoms with Crippen LogP contribution in [0.25, 0.3) is 6.08 Å². The van der Waals surface area contributed by atoms with Gasteiger partial charge in [0.25, 0.3) is 5.91 Å². The van der Waals surface area contributed by atoms with Gasteiger partial charge in [0.1, 0.15) is 5.75 Å². The Morgan fingerprint density at radius 2 is 1.73 bits per heavy atom. The van der Waals surface area contributed by atoms with E-state index in [9.17, 15) is 4.79 Å². The van der Waals surface area contributed by atoms with Crippen LogP contribution < -0.4 is 10.2 Å². The summed E-state index contributed by atoms with van der Waals surface area (Å²) in [5, 5.41) is 4.00. The molecule has 4 heteroatoms. The molecule has 0 unspecified atom stereocenters. The first-order valence-electron chi connectivity index (χ1n) is 6.98. The molecule has 112 valence electrons. The maximum atomic E-state index is 11.6. The van der Waals surface area contributed by atoms with Gasteiger partial charge < -0.3 is 4.74 Å². The van der Waals surface area contributed by atoms with Crippen molar-refractivity contribution in [2.24, 2.45) is 5.10 Å². The third-order valence-corrected chi connectivity index (χ3v) is 2.79. The van der Waals surface area contributed by atoms with Gasteiger partial charge in [0, 0.05) is 0 Å². The van der Waals surface area contributed by atoms with Crippen molar-refractivity contribution in [1.82, 2.24) is 5.43 Å². The maximum absolute atomic E-state index is 11.6. The average Bonchev–Trinajstić information content (AvgIpc) is 2.58. The minimum atomic E-state index is -0.295. The van der Waals surface area contributed by atoms with Crippen LogP contribution in [-0.2, 0) is 4.79 Å². The van der Waals surface area contributed by atoms with Crippen molar-refractivity contribution in [3.05, 3.63) is 72.3 Å². The second-order valence-electron chi connectivity index (χ2n) is 4.63. The highest BCUT2D eigenvalue weighted by atomic mass is 16.5. The third kappa shape index (κ3) is 5.63. The number of benzene rings is 2. The number of carbonyl (C=O) groups is 1. The van der Waals surface area contributed by atoms with Gasteiger partial charge in [-0.05, 0) is 30.7 Å². The molecule has 4 nitrogen and oxygen atoms in total. The molecule has 22 heavy (non-hydrogen) atoms. The largest absolute Gasteiger partial charge is 0.484 e. The van der Waals surface area contributed by atoms with Gasteiger partial charge >= 0.3 is 0 Å². The molecule has 1 amide bonds. The molecule has 0 saturated heterocycles. The Morgan fingerprint density at radius 3 is 2.41 bits per heavy atom. The summed E-state index contributed by atoms with van der Waals surface area (Å²) in [6.45, 7) is 1.75. The van der Waals surface area contributed by atoms with Gasteiger partial charge in [-0.2, -0.15) is 5.10 Å². The molecule has 0 aromatic heterocycles. The predicted octanol–water partition coefficient (Wildman–Crippen LogP) is 3.27. The van der Waals surface area contributed by atoms with Crippen molar-refractivity contribution in [1.29, 1.82) is 0 Å². The smallest absolute Gasteiger partial charge is 0.277 e. The molecular formula is C18H18N2O2. The van der Waals surface area contributed by atoms with Gasteiger partial charge in [-0.1, -0.05) is 54.6 Å². The molecule has 0 aliphatic rings. The van der Waals surface area contributed by atoms with E-state index in [1.54, 1.807) is 12.1 Å². The van der Waals surface area contributed by atoms with Crippen LogP contribution in [0.5, 0.6) is 5.75 Å². The molecule has 2 aromatic carbocycles. The molecule has 2 rings (SSSR count). The second-order valence-corrected chi connectivity index (χ2v) is 4.63. The van der Waals surface area contributed by atoms with Crippen molar-refractivity contribution in [3.63, 3.8) is 0 Å². The van der Waals surface area contributed by atoms with E-state index in [4.69, 9.17) is 4.74 Å². The first-order valence-corrected chi connectivity index (χ1v) is 6.98. The summed E-state index contributed by atoms with van der Waals surface area (Å²) >= 11 is 0. The minimum absolute atomic E-state index is 0.0663. The van der Waals surface area contributed by atoms with Crippen molar-refractivity contribution < 1.29 is 9.53 Å². The normalized spacial score (nSPS) is 11.4. The van der Waals surface area contributed by atoms with Crippen LogP contribution in [0.1, 0.15) is 12.5 Å². The van der Waals surface area contributed by atoms with E-state index >= 15 is 0 Å². The number of allylic oxidation sites excluding steroid dienone is 1. The lowest BCUT2D eigenvalue weighted by Gasteiger charge is -2.04. The average molecular weight is 294 g/mol. The number of hydrazone groups is 1. The van der Waals surface area contributed by atoms with Crippen molar-refractivity contribution in [2.45, 2.75) is 6.92 Å². The predicted molar refractivity (Wildman–Crippen MR) is 88.7 cm³/mol. The number of hydrogen-bond acceptors (Lipinski definition) is 3. The highest BCUT2D eigenvalue weighted by Crippen LogP contribution is 2.07. The second kappa shape index (κ2) is 8.42. The molecule has 0 aliphatic heterocycles. The summed E-state index contributed by atoms with van der Waals surface area (Å²) in [4.78, 5) is 11.6. The summed E-state index contributed by atoms with van der Waals surface area (Å²) in [7, 11) is 0.